The molecule has 1 amide bonds. The summed E-state index contributed by atoms with van der Waals surface area (Å²) < 4.78 is 5.83. The lowest BCUT2D eigenvalue weighted by molar-refractivity contribution is -0.134. The fraction of sp³-hybridized carbons (Fsp3) is 0.650. The Morgan fingerprint density at radius 2 is 1.96 bits per heavy atom. The lowest BCUT2D eigenvalue weighted by Crippen LogP contribution is -2.52. The van der Waals surface area contributed by atoms with Crippen molar-refractivity contribution in [2.75, 3.05) is 27.2 Å². The molecule has 24 heavy (non-hydrogen) atoms. The predicted molar refractivity (Wildman–Crippen MR) is 101 cm³/mol. The number of benzene rings is 1. The Bertz CT molecular complexity index is 498. The van der Waals surface area contributed by atoms with E-state index in [1.54, 1.807) is 19.0 Å². The Hall–Kier alpha value is -1.55. The minimum Gasteiger partial charge on any atom is -0.494 e. The molecule has 0 atom stereocenters. The quantitative estimate of drug-likeness (QED) is 0.628. The SMILES string of the molecule is CCCCCCOc1cccc(CCNC(C)(C)C(=O)N(C)C)c1. The minimum atomic E-state index is -0.545. The van der Waals surface area contributed by atoms with Crippen LogP contribution >= 0.6 is 0 Å². The number of nitrogens with one attached hydrogen (secondary N) is 1. The zero-order valence-electron chi connectivity index (χ0n) is 16.0. The van der Waals surface area contributed by atoms with Gasteiger partial charge in [0.2, 0.25) is 5.91 Å². The molecule has 1 N–H and O–H groups in total. The van der Waals surface area contributed by atoms with Gasteiger partial charge in [-0.25, -0.2) is 0 Å². The normalized spacial score (nSPS) is 11.4. The van der Waals surface area contributed by atoms with Gasteiger partial charge in [-0.3, -0.25) is 4.79 Å². The maximum absolute atomic E-state index is 12.1. The molecule has 136 valence electrons. The average molecular weight is 335 g/mol. The van der Waals surface area contributed by atoms with E-state index in [4.69, 9.17) is 4.74 Å². The smallest absolute Gasteiger partial charge is 0.241 e. The number of hydrogen-bond acceptors (Lipinski definition) is 3. The number of amides is 1. The molecule has 0 heterocycles. The molecule has 0 unspecified atom stereocenters. The first-order valence-electron chi connectivity index (χ1n) is 9.05. The van der Waals surface area contributed by atoms with Crippen LogP contribution in [0, 0.1) is 0 Å². The van der Waals surface area contributed by atoms with Crippen LogP contribution < -0.4 is 10.1 Å². The fourth-order valence-corrected chi connectivity index (χ4v) is 2.66. The zero-order valence-corrected chi connectivity index (χ0v) is 16.0. The third-order valence-corrected chi connectivity index (χ3v) is 4.09. The number of ether oxygens (including phenoxy) is 1. The Kier molecular flexibility index (Phi) is 8.83. The van der Waals surface area contributed by atoms with Crippen LogP contribution in [0.4, 0.5) is 0 Å². The number of carbonyl (C=O) groups excluding carboxylic acids is 1. The second-order valence-corrected chi connectivity index (χ2v) is 7.06. The highest BCUT2D eigenvalue weighted by atomic mass is 16.5. The Labute approximate surface area is 147 Å². The van der Waals surface area contributed by atoms with Crippen LogP contribution in [-0.4, -0.2) is 43.6 Å². The first-order chi connectivity index (χ1) is 11.4. The molecule has 1 aromatic carbocycles. The van der Waals surface area contributed by atoms with Crippen molar-refractivity contribution in [1.82, 2.24) is 10.2 Å². The van der Waals surface area contributed by atoms with Crippen LogP contribution in [0.2, 0.25) is 0 Å². The predicted octanol–water partition coefficient (Wildman–Crippen LogP) is 3.64. The van der Waals surface area contributed by atoms with Crippen molar-refractivity contribution < 1.29 is 9.53 Å². The number of likely N-dealkylation sites (N-methyl/N-ethyl adjacent to an activating group) is 1. The molecule has 0 fully saturated rings. The van der Waals surface area contributed by atoms with Crippen LogP contribution in [0.1, 0.15) is 52.0 Å². The van der Waals surface area contributed by atoms with Crippen LogP contribution in [0.25, 0.3) is 0 Å². The highest BCUT2D eigenvalue weighted by Gasteiger charge is 2.27. The summed E-state index contributed by atoms with van der Waals surface area (Å²) in [6.07, 6.45) is 5.73. The van der Waals surface area contributed by atoms with Crippen molar-refractivity contribution in [3.8, 4) is 5.75 Å². The van der Waals surface area contributed by atoms with E-state index in [0.29, 0.717) is 0 Å². The molecular weight excluding hydrogens is 300 g/mol. The van der Waals surface area contributed by atoms with E-state index in [9.17, 15) is 4.79 Å². The number of nitrogens with zero attached hydrogens (tertiary/aromatic N) is 1. The Morgan fingerprint density at radius 3 is 2.62 bits per heavy atom. The number of rotatable bonds is 11. The van der Waals surface area contributed by atoms with E-state index in [0.717, 1.165) is 31.7 Å². The molecule has 0 saturated heterocycles. The van der Waals surface area contributed by atoms with Gasteiger partial charge in [0.25, 0.3) is 0 Å². The molecule has 0 saturated carbocycles. The summed E-state index contributed by atoms with van der Waals surface area (Å²) in [6.45, 7) is 7.60. The lowest BCUT2D eigenvalue weighted by atomic mass is 10.0. The first-order valence-corrected chi connectivity index (χ1v) is 9.05. The van der Waals surface area contributed by atoms with Crippen LogP contribution in [0.5, 0.6) is 5.75 Å². The molecular formula is C20H34N2O2. The molecule has 0 bridgehead atoms. The molecule has 0 aliphatic heterocycles. The molecule has 0 aliphatic rings. The highest BCUT2D eigenvalue weighted by molar-refractivity contribution is 5.85. The first kappa shape index (κ1) is 20.5. The zero-order chi connectivity index (χ0) is 18.0. The number of carbonyl (C=O) groups is 1. The molecule has 1 rings (SSSR count). The summed E-state index contributed by atoms with van der Waals surface area (Å²) >= 11 is 0. The third kappa shape index (κ3) is 7.35. The monoisotopic (exact) mass is 334 g/mol. The molecule has 1 aromatic rings. The lowest BCUT2D eigenvalue weighted by Gasteiger charge is -2.28. The summed E-state index contributed by atoms with van der Waals surface area (Å²) in [6, 6.07) is 8.25. The number of unbranched alkanes of at least 4 members (excludes halogenated alkanes) is 3. The van der Waals surface area contributed by atoms with Crippen molar-refractivity contribution in [3.05, 3.63) is 29.8 Å². The van der Waals surface area contributed by atoms with E-state index in [2.05, 4.69) is 24.4 Å². The Balaban J connectivity index is 2.40. The van der Waals surface area contributed by atoms with Gasteiger partial charge in [-0.05, 0) is 44.4 Å². The second-order valence-electron chi connectivity index (χ2n) is 7.06. The molecule has 0 spiro atoms. The van der Waals surface area contributed by atoms with Crippen molar-refractivity contribution in [2.45, 2.75) is 58.4 Å². The summed E-state index contributed by atoms with van der Waals surface area (Å²) in [4.78, 5) is 13.7. The standard InChI is InChI=1S/C20H34N2O2/c1-6-7-8-9-15-24-18-12-10-11-17(16-18)13-14-21-20(2,3)19(23)22(4)5/h10-12,16,21H,6-9,13-15H2,1-5H3. The van der Waals surface area contributed by atoms with Gasteiger partial charge in [0.15, 0.2) is 0 Å². The van der Waals surface area contributed by atoms with Crippen molar-refractivity contribution in [2.24, 2.45) is 0 Å². The number of hydrogen-bond donors (Lipinski definition) is 1. The van der Waals surface area contributed by atoms with E-state index < -0.39 is 5.54 Å². The van der Waals surface area contributed by atoms with Gasteiger partial charge in [-0.1, -0.05) is 38.3 Å². The summed E-state index contributed by atoms with van der Waals surface area (Å²) in [5, 5.41) is 3.34. The van der Waals surface area contributed by atoms with Crippen LogP contribution in [0.3, 0.4) is 0 Å². The van der Waals surface area contributed by atoms with Crippen LogP contribution in [0.15, 0.2) is 24.3 Å². The average Bonchev–Trinajstić information content (AvgIpc) is 2.54. The van der Waals surface area contributed by atoms with Crippen molar-refractivity contribution >= 4 is 5.91 Å². The molecule has 0 aliphatic carbocycles. The van der Waals surface area contributed by atoms with Crippen molar-refractivity contribution in [3.63, 3.8) is 0 Å². The third-order valence-electron chi connectivity index (χ3n) is 4.09. The largest absolute Gasteiger partial charge is 0.494 e. The van der Waals surface area contributed by atoms with E-state index >= 15 is 0 Å². The van der Waals surface area contributed by atoms with Gasteiger partial charge in [0, 0.05) is 20.6 Å². The topological polar surface area (TPSA) is 41.6 Å². The van der Waals surface area contributed by atoms with Gasteiger partial charge in [-0.2, -0.15) is 0 Å². The van der Waals surface area contributed by atoms with Gasteiger partial charge in [0.1, 0.15) is 5.75 Å². The second kappa shape index (κ2) is 10.3. The van der Waals surface area contributed by atoms with E-state index in [-0.39, 0.29) is 5.91 Å². The fourth-order valence-electron chi connectivity index (χ4n) is 2.66. The van der Waals surface area contributed by atoms with Gasteiger partial charge in [0.05, 0.1) is 12.1 Å². The maximum Gasteiger partial charge on any atom is 0.241 e. The highest BCUT2D eigenvalue weighted by Crippen LogP contribution is 2.15. The maximum atomic E-state index is 12.1. The van der Waals surface area contributed by atoms with Gasteiger partial charge < -0.3 is 15.0 Å². The molecule has 4 nitrogen and oxygen atoms in total. The molecule has 4 heteroatoms. The van der Waals surface area contributed by atoms with Crippen LogP contribution in [-0.2, 0) is 11.2 Å². The molecule has 0 aromatic heterocycles. The summed E-state index contributed by atoms with van der Waals surface area (Å²) in [5.41, 5.74) is 0.679. The van der Waals surface area contributed by atoms with E-state index in [1.165, 1.54) is 24.8 Å². The Morgan fingerprint density at radius 1 is 1.21 bits per heavy atom. The summed E-state index contributed by atoms with van der Waals surface area (Å²) in [7, 11) is 3.57. The van der Waals surface area contributed by atoms with Gasteiger partial charge >= 0.3 is 0 Å². The van der Waals surface area contributed by atoms with E-state index in [1.807, 2.05) is 26.0 Å². The van der Waals surface area contributed by atoms with Gasteiger partial charge in [-0.15, -0.1) is 0 Å². The summed E-state index contributed by atoms with van der Waals surface area (Å²) in [5.74, 6) is 1.03. The minimum absolute atomic E-state index is 0.0895. The molecule has 0 radical (unpaired) electrons. The van der Waals surface area contributed by atoms with Crippen molar-refractivity contribution in [1.29, 1.82) is 0 Å².